The number of amides is 2. The van der Waals surface area contributed by atoms with E-state index in [1.54, 1.807) is 23.6 Å². The first-order valence-corrected chi connectivity index (χ1v) is 14.8. The zero-order valence-corrected chi connectivity index (χ0v) is 23.1. The van der Waals surface area contributed by atoms with Crippen LogP contribution in [0.15, 0.2) is 35.8 Å². The summed E-state index contributed by atoms with van der Waals surface area (Å²) in [6, 6.07) is 4.49. The molecule has 2 amide bonds. The third-order valence-corrected chi connectivity index (χ3v) is 8.94. The molecule has 0 atom stereocenters. The number of ether oxygens (including phenoxy) is 1. The van der Waals surface area contributed by atoms with Crippen LogP contribution in [0.4, 0.5) is 10.7 Å². The number of non-ortho nitro benzene ring substituents is 1. The van der Waals surface area contributed by atoms with Gasteiger partial charge in [0, 0.05) is 23.6 Å². The fraction of sp³-hybridized carbons (Fsp3) is 0.360. The largest absolute Gasteiger partial charge is 0.462 e. The fourth-order valence-corrected chi connectivity index (χ4v) is 7.15. The Labute approximate surface area is 230 Å². The van der Waals surface area contributed by atoms with E-state index in [1.807, 2.05) is 0 Å². The van der Waals surface area contributed by atoms with E-state index in [0.29, 0.717) is 26.6 Å². The topological polar surface area (TPSA) is 133 Å². The Morgan fingerprint density at radius 3 is 2.79 bits per heavy atom. The van der Waals surface area contributed by atoms with Gasteiger partial charge in [-0.3, -0.25) is 19.7 Å². The third-order valence-electron chi connectivity index (χ3n) is 5.77. The second kappa shape index (κ2) is 12.5. The highest BCUT2D eigenvalue weighted by molar-refractivity contribution is 8.00. The number of esters is 1. The minimum atomic E-state index is -0.470. The van der Waals surface area contributed by atoms with Gasteiger partial charge in [-0.2, -0.15) is 4.99 Å². The molecular weight excluding hydrogens is 548 g/mol. The average Bonchev–Trinajstić information content (AvgIpc) is 3.41. The van der Waals surface area contributed by atoms with Crippen molar-refractivity contribution in [3.8, 4) is 0 Å². The van der Waals surface area contributed by atoms with E-state index >= 15 is 0 Å². The number of nitrogens with zero attached hydrogens (tertiary/aromatic N) is 3. The van der Waals surface area contributed by atoms with E-state index in [9.17, 15) is 24.5 Å². The van der Waals surface area contributed by atoms with Crippen LogP contribution in [0, 0.1) is 10.1 Å². The molecule has 0 fully saturated rings. The molecule has 4 rings (SSSR count). The van der Waals surface area contributed by atoms with Gasteiger partial charge in [-0.25, -0.2) is 4.79 Å². The molecule has 0 aliphatic heterocycles. The van der Waals surface area contributed by atoms with Gasteiger partial charge in [-0.05, 0) is 44.2 Å². The maximum atomic E-state index is 12.7. The van der Waals surface area contributed by atoms with Gasteiger partial charge < -0.3 is 14.6 Å². The minimum absolute atomic E-state index is 0.0113. The van der Waals surface area contributed by atoms with Crippen LogP contribution in [0.2, 0.25) is 0 Å². The number of anilines is 1. The number of aromatic nitrogens is 1. The Balaban J connectivity index is 1.43. The van der Waals surface area contributed by atoms with Crippen molar-refractivity contribution in [1.29, 1.82) is 0 Å². The zero-order chi connectivity index (χ0) is 27.2. The number of allylic oxidation sites excluding steroid dienone is 1. The van der Waals surface area contributed by atoms with Crippen molar-refractivity contribution < 1.29 is 24.0 Å². The maximum absolute atomic E-state index is 12.7. The lowest BCUT2D eigenvalue weighted by Crippen LogP contribution is -2.19. The lowest BCUT2D eigenvalue weighted by molar-refractivity contribution is -0.384. The van der Waals surface area contributed by atoms with Gasteiger partial charge in [0.05, 0.1) is 38.8 Å². The van der Waals surface area contributed by atoms with E-state index in [2.05, 4.69) is 16.9 Å². The summed E-state index contributed by atoms with van der Waals surface area (Å²) in [5.74, 6) is -1.19. The van der Waals surface area contributed by atoms with Gasteiger partial charge in [0.1, 0.15) is 5.00 Å². The summed E-state index contributed by atoms with van der Waals surface area (Å²) in [5.41, 5.74) is 2.10. The second-order valence-corrected chi connectivity index (χ2v) is 11.5. The smallest absolute Gasteiger partial charge is 0.341 e. The number of nitrogens with one attached hydrogen (secondary N) is 1. The molecule has 200 valence electrons. The summed E-state index contributed by atoms with van der Waals surface area (Å²) in [4.78, 5) is 54.2. The standard InChI is InChI=1S/C25H26N4O6S3/c1-3-11-28-17-10-9-15(29(33)34)12-19(17)38-25(28)27-21(31)14-36-13-20(30)26-23-22(24(32)35-4-2)16-7-5-6-8-18(16)37-23/h3,9-10,12H,1,4-8,11,13-14H2,2H3,(H,26,30). The Morgan fingerprint density at radius 2 is 2.05 bits per heavy atom. The predicted octanol–water partition coefficient (Wildman–Crippen LogP) is 4.71. The molecule has 1 N–H and O–H groups in total. The number of carbonyl (C=O) groups excluding carboxylic acids is 3. The molecule has 1 aromatic carbocycles. The molecule has 0 radical (unpaired) electrons. The highest BCUT2D eigenvalue weighted by Crippen LogP contribution is 2.38. The molecule has 10 nitrogen and oxygen atoms in total. The van der Waals surface area contributed by atoms with Crippen molar-refractivity contribution in [2.24, 2.45) is 4.99 Å². The Kier molecular flexibility index (Phi) is 9.13. The van der Waals surface area contributed by atoms with E-state index in [4.69, 9.17) is 4.74 Å². The number of thiazole rings is 1. The highest BCUT2D eigenvalue weighted by atomic mass is 32.2. The Bertz CT molecular complexity index is 1490. The van der Waals surface area contributed by atoms with Crippen molar-refractivity contribution in [2.45, 2.75) is 39.2 Å². The zero-order valence-electron chi connectivity index (χ0n) is 20.7. The monoisotopic (exact) mass is 574 g/mol. The first kappa shape index (κ1) is 27.7. The van der Waals surface area contributed by atoms with Crippen LogP contribution in [0.3, 0.4) is 0 Å². The van der Waals surface area contributed by atoms with E-state index in [-0.39, 0.29) is 29.7 Å². The number of thioether (sulfide) groups is 1. The Hall–Kier alpha value is -3.29. The van der Waals surface area contributed by atoms with Crippen LogP contribution in [-0.2, 0) is 33.7 Å². The molecular formula is C25H26N4O6S3. The number of aryl methyl sites for hydroxylation is 1. The predicted molar refractivity (Wildman–Crippen MR) is 150 cm³/mol. The molecule has 3 aromatic rings. The van der Waals surface area contributed by atoms with Gasteiger partial charge in [-0.15, -0.1) is 29.7 Å². The summed E-state index contributed by atoms with van der Waals surface area (Å²) >= 11 is 3.72. The van der Waals surface area contributed by atoms with Crippen LogP contribution < -0.4 is 10.1 Å². The summed E-state index contributed by atoms with van der Waals surface area (Å²) in [6.07, 6.45) is 5.37. The molecule has 0 saturated carbocycles. The number of rotatable bonds is 10. The summed E-state index contributed by atoms with van der Waals surface area (Å²) in [6.45, 7) is 6.11. The molecule has 0 unspecified atom stereocenters. The van der Waals surface area contributed by atoms with E-state index < -0.39 is 16.8 Å². The quantitative estimate of drug-likeness (QED) is 0.160. The van der Waals surface area contributed by atoms with Gasteiger partial charge in [0.25, 0.3) is 11.6 Å². The summed E-state index contributed by atoms with van der Waals surface area (Å²) in [7, 11) is 0. The number of fused-ring (bicyclic) bond motifs is 2. The number of carbonyl (C=O) groups is 3. The van der Waals surface area contributed by atoms with Gasteiger partial charge >= 0.3 is 5.97 Å². The lowest BCUT2D eigenvalue weighted by atomic mass is 9.95. The first-order chi connectivity index (χ1) is 18.3. The van der Waals surface area contributed by atoms with Crippen molar-refractivity contribution in [1.82, 2.24) is 4.57 Å². The fourth-order valence-electron chi connectivity index (χ4n) is 4.17. The molecule has 1 aliphatic carbocycles. The van der Waals surface area contributed by atoms with Crippen molar-refractivity contribution >= 4 is 73.1 Å². The van der Waals surface area contributed by atoms with Gasteiger partial charge in [-0.1, -0.05) is 17.4 Å². The van der Waals surface area contributed by atoms with Crippen LogP contribution in [0.25, 0.3) is 10.2 Å². The molecule has 38 heavy (non-hydrogen) atoms. The molecule has 1 aliphatic rings. The highest BCUT2D eigenvalue weighted by Gasteiger charge is 2.27. The van der Waals surface area contributed by atoms with E-state index in [1.165, 1.54) is 34.8 Å². The molecule has 0 bridgehead atoms. The van der Waals surface area contributed by atoms with Gasteiger partial charge in [0.2, 0.25) is 5.91 Å². The van der Waals surface area contributed by atoms with Crippen LogP contribution in [-0.4, -0.2) is 45.4 Å². The molecule has 0 saturated heterocycles. The summed E-state index contributed by atoms with van der Waals surface area (Å²) < 4.78 is 7.62. The SMILES string of the molecule is C=CCn1c(=NC(=O)CSCC(=O)Nc2sc3c(c2C(=O)OCC)CCCC3)sc2cc([N+](=O)[O-])ccc21. The van der Waals surface area contributed by atoms with Crippen molar-refractivity contribution in [3.63, 3.8) is 0 Å². The lowest BCUT2D eigenvalue weighted by Gasteiger charge is -2.12. The maximum Gasteiger partial charge on any atom is 0.341 e. The normalized spacial score (nSPS) is 13.2. The molecule has 0 spiro atoms. The molecule has 2 heterocycles. The van der Waals surface area contributed by atoms with Crippen LogP contribution >= 0.6 is 34.4 Å². The van der Waals surface area contributed by atoms with Gasteiger partial charge in [0.15, 0.2) is 4.80 Å². The molecule has 13 heteroatoms. The minimum Gasteiger partial charge on any atom is -0.462 e. The van der Waals surface area contributed by atoms with Crippen LogP contribution in [0.1, 0.15) is 40.6 Å². The van der Waals surface area contributed by atoms with E-state index in [0.717, 1.165) is 53.4 Å². The number of nitro groups is 1. The number of hydrogen-bond donors (Lipinski definition) is 1. The average molecular weight is 575 g/mol. The number of benzene rings is 1. The number of nitro benzene ring substituents is 1. The van der Waals surface area contributed by atoms with Crippen LogP contribution in [0.5, 0.6) is 0 Å². The third kappa shape index (κ3) is 6.22. The second-order valence-electron chi connectivity index (χ2n) is 8.38. The summed E-state index contributed by atoms with van der Waals surface area (Å²) in [5, 5.41) is 14.5. The van der Waals surface area contributed by atoms with Crippen molar-refractivity contribution in [3.05, 3.63) is 61.8 Å². The molecule has 2 aromatic heterocycles. The number of thiophene rings is 1. The first-order valence-electron chi connectivity index (χ1n) is 12.0. The number of hydrogen-bond acceptors (Lipinski definition) is 9. The van der Waals surface area contributed by atoms with Crippen molar-refractivity contribution in [2.75, 3.05) is 23.4 Å². The Morgan fingerprint density at radius 1 is 1.26 bits per heavy atom.